The summed E-state index contributed by atoms with van der Waals surface area (Å²) in [6, 6.07) is 7.80. The monoisotopic (exact) mass is 470 g/mol. The molecule has 2 aromatic heterocycles. The van der Waals surface area contributed by atoms with Gasteiger partial charge in [-0.05, 0) is 51.0 Å². The van der Waals surface area contributed by atoms with Crippen LogP contribution in [0.15, 0.2) is 24.3 Å². The molecule has 9 heteroatoms. The van der Waals surface area contributed by atoms with Gasteiger partial charge in [0, 0.05) is 61.6 Å². The van der Waals surface area contributed by atoms with Crippen LogP contribution in [0.4, 0.5) is 11.1 Å². The summed E-state index contributed by atoms with van der Waals surface area (Å²) in [6.07, 6.45) is 1.71. The molecule has 2 fully saturated rings. The fourth-order valence-electron chi connectivity index (χ4n) is 4.57. The number of hydrogen-bond donors (Lipinski definition) is 0. The second-order valence-corrected chi connectivity index (χ2v) is 10.1. The summed E-state index contributed by atoms with van der Waals surface area (Å²) >= 11 is 7.78. The highest BCUT2D eigenvalue weighted by atomic mass is 35.5. The van der Waals surface area contributed by atoms with E-state index in [1.54, 1.807) is 11.3 Å². The zero-order chi connectivity index (χ0) is 22.2. The summed E-state index contributed by atoms with van der Waals surface area (Å²) in [6.45, 7) is 8.77. The van der Waals surface area contributed by atoms with Gasteiger partial charge in [0.15, 0.2) is 5.13 Å². The Kier molecular flexibility index (Phi) is 5.90. The predicted octanol–water partition coefficient (Wildman–Crippen LogP) is 3.92. The molecule has 0 radical (unpaired) electrons. The molecule has 0 N–H and O–H groups in total. The number of hydrogen-bond acceptors (Lipinski definition) is 7. The van der Waals surface area contributed by atoms with Gasteiger partial charge in [-0.1, -0.05) is 22.9 Å². The maximum atomic E-state index is 13.2. The van der Waals surface area contributed by atoms with Crippen molar-refractivity contribution in [1.82, 2.24) is 19.9 Å². The van der Waals surface area contributed by atoms with Crippen molar-refractivity contribution in [3.8, 4) is 0 Å². The van der Waals surface area contributed by atoms with E-state index < -0.39 is 0 Å². The summed E-state index contributed by atoms with van der Waals surface area (Å²) in [7, 11) is 0. The molecule has 0 saturated carbocycles. The standard InChI is InChI=1S/C23H27ClN6OS/c1-15-13-16(2)26-22(25-15)29-7-5-17(6-8-29)21(31)28-9-11-30(12-10-28)23-27-19-4-3-18(24)14-20(19)32-23/h3-4,13-14,17H,5-12H2,1-2H3. The van der Waals surface area contributed by atoms with E-state index >= 15 is 0 Å². The molecule has 7 nitrogen and oxygen atoms in total. The van der Waals surface area contributed by atoms with E-state index in [2.05, 4.69) is 19.8 Å². The average Bonchev–Trinajstić information content (AvgIpc) is 3.21. The lowest BCUT2D eigenvalue weighted by Gasteiger charge is -2.38. The van der Waals surface area contributed by atoms with Crippen LogP contribution in [0.2, 0.25) is 5.02 Å². The number of carbonyl (C=O) groups is 1. The second kappa shape index (κ2) is 8.83. The Labute approximate surface area is 197 Å². The summed E-state index contributed by atoms with van der Waals surface area (Å²) in [5.41, 5.74) is 2.95. The zero-order valence-electron chi connectivity index (χ0n) is 18.4. The van der Waals surface area contributed by atoms with Gasteiger partial charge in [-0.3, -0.25) is 4.79 Å². The number of benzene rings is 1. The minimum absolute atomic E-state index is 0.0910. The van der Waals surface area contributed by atoms with E-state index in [-0.39, 0.29) is 5.92 Å². The van der Waals surface area contributed by atoms with E-state index in [0.717, 1.165) is 89.8 Å². The maximum Gasteiger partial charge on any atom is 0.225 e. The lowest BCUT2D eigenvalue weighted by molar-refractivity contribution is -0.136. The number of halogens is 1. The third kappa shape index (κ3) is 4.38. The van der Waals surface area contributed by atoms with Crippen LogP contribution in [-0.2, 0) is 4.79 Å². The van der Waals surface area contributed by atoms with E-state index in [1.165, 1.54) is 0 Å². The van der Waals surface area contributed by atoms with Gasteiger partial charge in [0.2, 0.25) is 11.9 Å². The number of rotatable bonds is 3. The van der Waals surface area contributed by atoms with Gasteiger partial charge in [0.25, 0.3) is 0 Å². The number of fused-ring (bicyclic) bond motifs is 1. The van der Waals surface area contributed by atoms with E-state index in [4.69, 9.17) is 16.6 Å². The molecule has 2 saturated heterocycles. The first-order valence-corrected chi connectivity index (χ1v) is 12.3. The van der Waals surface area contributed by atoms with E-state index in [0.29, 0.717) is 5.91 Å². The lowest BCUT2D eigenvalue weighted by Crippen LogP contribution is -2.51. The number of aryl methyl sites for hydroxylation is 2. The third-order valence-corrected chi connectivity index (χ3v) is 7.61. The summed E-state index contributed by atoms with van der Waals surface area (Å²) < 4.78 is 1.10. The molecule has 1 amide bonds. The van der Waals surface area contributed by atoms with Crippen LogP contribution >= 0.6 is 22.9 Å². The Balaban J connectivity index is 1.16. The number of piperazine rings is 1. The summed E-state index contributed by atoms with van der Waals surface area (Å²) in [5, 5.41) is 1.74. The molecular formula is C23H27ClN6OS. The van der Waals surface area contributed by atoms with Crippen LogP contribution in [0.1, 0.15) is 24.2 Å². The molecule has 0 unspecified atom stereocenters. The highest BCUT2D eigenvalue weighted by Gasteiger charge is 2.31. The molecule has 2 aliphatic heterocycles. The van der Waals surface area contributed by atoms with Crippen LogP contribution in [-0.4, -0.2) is 65.0 Å². The molecular weight excluding hydrogens is 444 g/mol. The molecule has 32 heavy (non-hydrogen) atoms. The molecule has 4 heterocycles. The van der Waals surface area contributed by atoms with Gasteiger partial charge in [-0.25, -0.2) is 15.0 Å². The summed E-state index contributed by atoms with van der Waals surface area (Å²) in [5.74, 6) is 1.18. The van der Waals surface area contributed by atoms with Crippen LogP contribution < -0.4 is 9.80 Å². The molecule has 0 aliphatic carbocycles. The van der Waals surface area contributed by atoms with Gasteiger partial charge >= 0.3 is 0 Å². The SMILES string of the molecule is Cc1cc(C)nc(N2CCC(C(=O)N3CCN(c4nc5ccc(Cl)cc5s4)CC3)CC2)n1. The van der Waals surface area contributed by atoms with Crippen molar-refractivity contribution in [2.45, 2.75) is 26.7 Å². The Morgan fingerprint density at radius 3 is 2.31 bits per heavy atom. The third-order valence-electron chi connectivity index (χ3n) is 6.30. The number of aromatic nitrogens is 3. The largest absolute Gasteiger partial charge is 0.345 e. The Morgan fingerprint density at radius 1 is 0.938 bits per heavy atom. The fraction of sp³-hybridized carbons (Fsp3) is 0.478. The van der Waals surface area contributed by atoms with E-state index in [1.807, 2.05) is 43.0 Å². The molecule has 168 valence electrons. The topological polar surface area (TPSA) is 65.5 Å². The number of anilines is 2. The van der Waals surface area contributed by atoms with Crippen molar-refractivity contribution in [3.05, 3.63) is 40.7 Å². The van der Waals surface area contributed by atoms with Crippen LogP contribution in [0.25, 0.3) is 10.2 Å². The normalized spacial score (nSPS) is 17.9. The molecule has 0 spiro atoms. The highest BCUT2D eigenvalue weighted by Crippen LogP contribution is 2.31. The van der Waals surface area contributed by atoms with Crippen LogP contribution in [0.3, 0.4) is 0 Å². The maximum absolute atomic E-state index is 13.2. The van der Waals surface area contributed by atoms with Crippen molar-refractivity contribution in [2.75, 3.05) is 49.1 Å². The molecule has 0 atom stereocenters. The molecule has 3 aromatic rings. The minimum Gasteiger partial charge on any atom is -0.345 e. The van der Waals surface area contributed by atoms with Gasteiger partial charge in [0.05, 0.1) is 10.2 Å². The number of piperidine rings is 1. The Bertz CT molecular complexity index is 1110. The Hall–Kier alpha value is -2.45. The van der Waals surface area contributed by atoms with Crippen molar-refractivity contribution < 1.29 is 4.79 Å². The second-order valence-electron chi connectivity index (χ2n) is 8.63. The average molecular weight is 471 g/mol. The van der Waals surface area contributed by atoms with Crippen LogP contribution in [0, 0.1) is 19.8 Å². The van der Waals surface area contributed by atoms with Crippen molar-refractivity contribution in [3.63, 3.8) is 0 Å². The number of nitrogens with zero attached hydrogens (tertiary/aromatic N) is 6. The molecule has 1 aromatic carbocycles. The van der Waals surface area contributed by atoms with Crippen LogP contribution in [0.5, 0.6) is 0 Å². The Morgan fingerprint density at radius 2 is 1.62 bits per heavy atom. The van der Waals surface area contributed by atoms with Crippen molar-refractivity contribution in [1.29, 1.82) is 0 Å². The van der Waals surface area contributed by atoms with E-state index in [9.17, 15) is 4.79 Å². The number of amides is 1. The van der Waals surface area contributed by atoms with Gasteiger partial charge in [-0.2, -0.15) is 0 Å². The highest BCUT2D eigenvalue weighted by molar-refractivity contribution is 7.22. The first-order chi connectivity index (χ1) is 15.5. The van der Waals surface area contributed by atoms with Gasteiger partial charge in [-0.15, -0.1) is 0 Å². The van der Waals surface area contributed by atoms with Gasteiger partial charge in [0.1, 0.15) is 0 Å². The fourth-order valence-corrected chi connectivity index (χ4v) is 5.87. The molecule has 0 bridgehead atoms. The zero-order valence-corrected chi connectivity index (χ0v) is 20.0. The van der Waals surface area contributed by atoms with Crippen molar-refractivity contribution >= 4 is 50.1 Å². The smallest absolute Gasteiger partial charge is 0.225 e. The molecule has 5 rings (SSSR count). The number of carbonyl (C=O) groups excluding carboxylic acids is 1. The molecule has 2 aliphatic rings. The number of thiazole rings is 1. The van der Waals surface area contributed by atoms with Crippen molar-refractivity contribution in [2.24, 2.45) is 5.92 Å². The summed E-state index contributed by atoms with van der Waals surface area (Å²) in [4.78, 5) is 33.6. The first-order valence-electron chi connectivity index (χ1n) is 11.1. The quantitative estimate of drug-likeness (QED) is 0.578. The lowest BCUT2D eigenvalue weighted by atomic mass is 9.95. The predicted molar refractivity (Wildman–Crippen MR) is 130 cm³/mol. The minimum atomic E-state index is 0.0910. The first kappa shape index (κ1) is 21.4. The van der Waals surface area contributed by atoms with Gasteiger partial charge < -0.3 is 14.7 Å².